The Bertz CT molecular complexity index is 441. The van der Waals surface area contributed by atoms with Crippen LogP contribution in [-0.2, 0) is 14.3 Å². The zero-order valence-electron chi connectivity index (χ0n) is 16.7. The van der Waals surface area contributed by atoms with E-state index in [2.05, 4.69) is 11.7 Å². The topological polar surface area (TPSA) is 70.4 Å². The van der Waals surface area contributed by atoms with E-state index in [1.165, 1.54) is 82.3 Å². The van der Waals surface area contributed by atoms with Gasteiger partial charge >= 0.3 is 5.97 Å². The number of ether oxygens (including phenoxy) is 1. The van der Waals surface area contributed by atoms with Crippen LogP contribution in [0.3, 0.4) is 0 Å². The molecule has 0 spiro atoms. The van der Waals surface area contributed by atoms with Gasteiger partial charge in [0.15, 0.2) is 0 Å². The smallest absolute Gasteiger partial charge is 0.330 e. The van der Waals surface area contributed by atoms with Gasteiger partial charge in [0, 0.05) is 18.7 Å². The first-order chi connectivity index (χ1) is 12.7. The molecule has 0 aromatic carbocycles. The van der Waals surface area contributed by atoms with Crippen LogP contribution in [0.2, 0.25) is 0 Å². The minimum Gasteiger partial charge on any atom is -0.466 e. The summed E-state index contributed by atoms with van der Waals surface area (Å²) >= 11 is 0. The third kappa shape index (κ3) is 14.5. The Kier molecular flexibility index (Phi) is 16.7. The highest BCUT2D eigenvalue weighted by Gasteiger charge is 2.10. The summed E-state index contributed by atoms with van der Waals surface area (Å²) in [5, 5.41) is 8.84. The second-order valence-corrected chi connectivity index (χ2v) is 6.66. The number of nitriles is 1. The van der Waals surface area contributed by atoms with Gasteiger partial charge in [0.1, 0.15) is 6.54 Å². The van der Waals surface area contributed by atoms with E-state index < -0.39 is 5.97 Å². The van der Waals surface area contributed by atoms with Gasteiger partial charge in [0.05, 0.1) is 13.2 Å². The zero-order valence-corrected chi connectivity index (χ0v) is 16.7. The van der Waals surface area contributed by atoms with Gasteiger partial charge in [-0.15, -0.1) is 0 Å². The van der Waals surface area contributed by atoms with E-state index in [4.69, 9.17) is 5.26 Å². The average Bonchev–Trinajstić information content (AvgIpc) is 2.65. The third-order valence-corrected chi connectivity index (χ3v) is 4.42. The SMILES string of the molecule is CCCCCCCCCCCCCCN(CC#N)C(=O)/C=C/C(=O)OC. The molecule has 0 aliphatic carbocycles. The number of hydrogen-bond acceptors (Lipinski definition) is 4. The molecule has 0 unspecified atom stereocenters. The molecule has 1 amide bonds. The highest BCUT2D eigenvalue weighted by Crippen LogP contribution is 2.12. The number of carbonyl (C=O) groups is 2. The van der Waals surface area contributed by atoms with E-state index in [0.717, 1.165) is 18.9 Å². The Morgan fingerprint density at radius 1 is 0.885 bits per heavy atom. The molecular formula is C21H36N2O3. The summed E-state index contributed by atoms with van der Waals surface area (Å²) in [6.07, 6.45) is 17.4. The Morgan fingerprint density at radius 3 is 1.85 bits per heavy atom. The van der Waals surface area contributed by atoms with Crippen LogP contribution in [0.4, 0.5) is 0 Å². The highest BCUT2D eigenvalue weighted by molar-refractivity contribution is 5.94. The van der Waals surface area contributed by atoms with E-state index in [0.29, 0.717) is 6.54 Å². The van der Waals surface area contributed by atoms with Crippen LogP contribution in [0.5, 0.6) is 0 Å². The lowest BCUT2D eigenvalue weighted by Crippen LogP contribution is -2.31. The summed E-state index contributed by atoms with van der Waals surface area (Å²) in [5.74, 6) is -0.888. The van der Waals surface area contributed by atoms with Crippen molar-refractivity contribution in [2.75, 3.05) is 20.2 Å². The molecule has 0 aliphatic heterocycles. The zero-order chi connectivity index (χ0) is 19.5. The number of methoxy groups -OCH3 is 1. The van der Waals surface area contributed by atoms with Crippen molar-refractivity contribution in [1.29, 1.82) is 5.26 Å². The maximum absolute atomic E-state index is 12.0. The van der Waals surface area contributed by atoms with Gasteiger partial charge in [-0.25, -0.2) is 4.79 Å². The first-order valence-corrected chi connectivity index (χ1v) is 10.1. The fourth-order valence-electron chi connectivity index (χ4n) is 2.81. The van der Waals surface area contributed by atoms with E-state index >= 15 is 0 Å². The number of carbonyl (C=O) groups excluding carboxylic acids is 2. The summed E-state index contributed by atoms with van der Waals surface area (Å²) in [6.45, 7) is 2.84. The van der Waals surface area contributed by atoms with Crippen molar-refractivity contribution in [3.63, 3.8) is 0 Å². The summed E-state index contributed by atoms with van der Waals surface area (Å²) in [6, 6.07) is 2.00. The second kappa shape index (κ2) is 18.0. The standard InChI is InChI=1S/C21H36N2O3/c1-3-4-5-6-7-8-9-10-11-12-13-14-18-23(19-17-22)20(24)15-16-21(25)26-2/h15-16H,3-14,18-19H2,1-2H3/b16-15+. The lowest BCUT2D eigenvalue weighted by atomic mass is 10.1. The van der Waals surface area contributed by atoms with Crippen molar-refractivity contribution in [2.24, 2.45) is 0 Å². The van der Waals surface area contributed by atoms with Crippen LogP contribution in [0.15, 0.2) is 12.2 Å². The molecule has 0 rings (SSSR count). The molecular weight excluding hydrogens is 328 g/mol. The maximum atomic E-state index is 12.0. The molecule has 0 fully saturated rings. The number of nitrogens with zero attached hydrogens (tertiary/aromatic N) is 2. The molecule has 0 N–H and O–H groups in total. The molecule has 0 atom stereocenters. The number of esters is 1. The fourth-order valence-corrected chi connectivity index (χ4v) is 2.81. The highest BCUT2D eigenvalue weighted by atomic mass is 16.5. The van der Waals surface area contributed by atoms with Crippen LogP contribution in [0.1, 0.15) is 84.0 Å². The van der Waals surface area contributed by atoms with Gasteiger partial charge in [-0.1, -0.05) is 77.6 Å². The fraction of sp³-hybridized carbons (Fsp3) is 0.762. The normalized spacial score (nSPS) is 10.7. The molecule has 0 aromatic heterocycles. The number of amides is 1. The molecule has 0 aliphatic rings. The Balaban J connectivity index is 3.71. The van der Waals surface area contributed by atoms with Crippen LogP contribution in [-0.4, -0.2) is 37.0 Å². The van der Waals surface area contributed by atoms with Crippen LogP contribution in [0, 0.1) is 11.3 Å². The van der Waals surface area contributed by atoms with Gasteiger partial charge in [-0.05, 0) is 6.42 Å². The third-order valence-electron chi connectivity index (χ3n) is 4.42. The molecule has 0 saturated carbocycles. The van der Waals surface area contributed by atoms with Gasteiger partial charge in [-0.2, -0.15) is 5.26 Å². The van der Waals surface area contributed by atoms with Crippen LogP contribution < -0.4 is 0 Å². The Morgan fingerprint density at radius 2 is 1.38 bits per heavy atom. The van der Waals surface area contributed by atoms with E-state index in [-0.39, 0.29) is 12.5 Å². The van der Waals surface area contributed by atoms with Gasteiger partial charge in [0.2, 0.25) is 5.91 Å². The van der Waals surface area contributed by atoms with Crippen molar-refractivity contribution >= 4 is 11.9 Å². The number of unbranched alkanes of at least 4 members (excludes halogenated alkanes) is 11. The summed E-state index contributed by atoms with van der Waals surface area (Å²) in [5.41, 5.74) is 0. The largest absolute Gasteiger partial charge is 0.466 e. The molecule has 5 heteroatoms. The van der Waals surface area contributed by atoms with E-state index in [9.17, 15) is 9.59 Å². The minimum atomic E-state index is -0.569. The average molecular weight is 365 g/mol. The number of hydrogen-bond donors (Lipinski definition) is 0. The van der Waals surface area contributed by atoms with Gasteiger partial charge in [0.25, 0.3) is 0 Å². The molecule has 5 nitrogen and oxygen atoms in total. The Labute approximate surface area is 159 Å². The quantitative estimate of drug-likeness (QED) is 0.171. The molecule has 26 heavy (non-hydrogen) atoms. The van der Waals surface area contributed by atoms with Crippen molar-refractivity contribution in [1.82, 2.24) is 4.90 Å². The molecule has 0 saturated heterocycles. The van der Waals surface area contributed by atoms with Crippen molar-refractivity contribution in [3.8, 4) is 6.07 Å². The first-order valence-electron chi connectivity index (χ1n) is 10.1. The summed E-state index contributed by atoms with van der Waals surface area (Å²) in [7, 11) is 1.26. The second-order valence-electron chi connectivity index (χ2n) is 6.66. The predicted molar refractivity (Wildman–Crippen MR) is 104 cm³/mol. The Hall–Kier alpha value is -1.83. The number of rotatable bonds is 16. The molecule has 0 radical (unpaired) electrons. The van der Waals surface area contributed by atoms with Gasteiger partial charge in [-0.3, -0.25) is 4.79 Å². The van der Waals surface area contributed by atoms with Gasteiger partial charge < -0.3 is 9.64 Å². The molecule has 148 valence electrons. The maximum Gasteiger partial charge on any atom is 0.330 e. The monoisotopic (exact) mass is 364 g/mol. The van der Waals surface area contributed by atoms with Crippen molar-refractivity contribution in [2.45, 2.75) is 84.0 Å². The van der Waals surface area contributed by atoms with E-state index in [1.807, 2.05) is 6.07 Å². The first kappa shape index (κ1) is 24.2. The molecule has 0 heterocycles. The van der Waals surface area contributed by atoms with Crippen LogP contribution >= 0.6 is 0 Å². The van der Waals surface area contributed by atoms with E-state index in [1.54, 1.807) is 0 Å². The van der Waals surface area contributed by atoms with Crippen LogP contribution in [0.25, 0.3) is 0 Å². The van der Waals surface area contributed by atoms with Crippen molar-refractivity contribution in [3.05, 3.63) is 12.2 Å². The predicted octanol–water partition coefficient (Wildman–Crippen LogP) is 4.77. The lowest BCUT2D eigenvalue weighted by Gasteiger charge is -2.17. The van der Waals surface area contributed by atoms with Crippen molar-refractivity contribution < 1.29 is 14.3 Å². The molecule has 0 bridgehead atoms. The molecule has 0 aromatic rings. The minimum absolute atomic E-state index is 0.0440. The lowest BCUT2D eigenvalue weighted by molar-refractivity contribution is -0.135. The summed E-state index contributed by atoms with van der Waals surface area (Å²) in [4.78, 5) is 24.5. The summed E-state index contributed by atoms with van der Waals surface area (Å²) < 4.78 is 4.46.